The van der Waals surface area contributed by atoms with Crippen LogP contribution in [0.3, 0.4) is 0 Å². The van der Waals surface area contributed by atoms with Crippen LogP contribution in [0.1, 0.15) is 25.8 Å². The van der Waals surface area contributed by atoms with Crippen molar-refractivity contribution in [2.24, 2.45) is 5.92 Å². The van der Waals surface area contributed by atoms with Crippen LogP contribution >= 0.6 is 0 Å². The predicted octanol–water partition coefficient (Wildman–Crippen LogP) is 1.70. The highest BCUT2D eigenvalue weighted by molar-refractivity contribution is 5.16. The van der Waals surface area contributed by atoms with Crippen LogP contribution in [0.4, 0.5) is 4.39 Å². The largest absolute Gasteiger partial charge is 0.392 e. The van der Waals surface area contributed by atoms with Crippen molar-refractivity contribution in [3.8, 4) is 0 Å². The van der Waals surface area contributed by atoms with Crippen molar-refractivity contribution in [2.75, 3.05) is 19.7 Å². The van der Waals surface area contributed by atoms with Gasteiger partial charge in [0, 0.05) is 18.7 Å². The quantitative estimate of drug-likeness (QED) is 0.615. The monoisotopic (exact) mass is 299 g/mol. The fourth-order valence-corrected chi connectivity index (χ4v) is 2.02. The first kappa shape index (κ1) is 18.0. The van der Waals surface area contributed by atoms with Crippen LogP contribution in [0.15, 0.2) is 24.3 Å². The highest BCUT2D eigenvalue weighted by Gasteiger charge is 2.09. The van der Waals surface area contributed by atoms with Crippen LogP contribution < -0.4 is 5.32 Å². The maximum Gasteiger partial charge on any atom is 0.128 e. The van der Waals surface area contributed by atoms with Gasteiger partial charge in [-0.1, -0.05) is 32.0 Å². The van der Waals surface area contributed by atoms with Crippen LogP contribution in [-0.4, -0.2) is 42.1 Å². The summed E-state index contributed by atoms with van der Waals surface area (Å²) in [5, 5.41) is 22.4. The van der Waals surface area contributed by atoms with Gasteiger partial charge in [-0.3, -0.25) is 0 Å². The summed E-state index contributed by atoms with van der Waals surface area (Å²) < 4.78 is 18.6. The highest BCUT2D eigenvalue weighted by atomic mass is 19.1. The van der Waals surface area contributed by atoms with Crippen molar-refractivity contribution in [2.45, 2.75) is 39.1 Å². The second-order valence-corrected chi connectivity index (χ2v) is 5.70. The first-order valence-corrected chi connectivity index (χ1v) is 7.37. The van der Waals surface area contributed by atoms with Gasteiger partial charge in [0.1, 0.15) is 5.82 Å². The number of aliphatic hydroxyl groups excluding tert-OH is 2. The molecule has 0 aliphatic heterocycles. The standard InChI is InChI=1S/C16H26FNO3/c1-12(2)7-14(19)8-18-9-15(20)11-21-10-13-5-3-4-6-16(13)17/h3-6,12,14-15,18-20H,7-11H2,1-2H3. The summed E-state index contributed by atoms with van der Waals surface area (Å²) in [4.78, 5) is 0. The number of aliphatic hydroxyl groups is 2. The summed E-state index contributed by atoms with van der Waals surface area (Å²) in [5.41, 5.74) is 0.477. The number of nitrogens with one attached hydrogen (secondary N) is 1. The second-order valence-electron chi connectivity index (χ2n) is 5.70. The van der Waals surface area contributed by atoms with Gasteiger partial charge in [0.2, 0.25) is 0 Å². The van der Waals surface area contributed by atoms with Crippen molar-refractivity contribution in [1.82, 2.24) is 5.32 Å². The number of hydrogen-bond donors (Lipinski definition) is 3. The average Bonchev–Trinajstić information content (AvgIpc) is 2.40. The Bertz CT molecular complexity index is 401. The summed E-state index contributed by atoms with van der Waals surface area (Å²) in [5.74, 6) is 0.137. The Morgan fingerprint density at radius 1 is 1.14 bits per heavy atom. The third kappa shape index (κ3) is 8.12. The first-order chi connectivity index (χ1) is 9.99. The molecule has 2 atom stereocenters. The molecule has 0 aliphatic carbocycles. The van der Waals surface area contributed by atoms with Crippen molar-refractivity contribution >= 4 is 0 Å². The minimum atomic E-state index is -0.678. The van der Waals surface area contributed by atoms with Crippen LogP contribution in [0.5, 0.6) is 0 Å². The molecule has 4 nitrogen and oxygen atoms in total. The van der Waals surface area contributed by atoms with E-state index in [1.54, 1.807) is 18.2 Å². The van der Waals surface area contributed by atoms with Crippen molar-refractivity contribution in [1.29, 1.82) is 0 Å². The molecule has 0 heterocycles. The fourth-order valence-electron chi connectivity index (χ4n) is 2.02. The lowest BCUT2D eigenvalue weighted by molar-refractivity contribution is 0.0260. The maximum atomic E-state index is 13.3. The molecule has 0 saturated carbocycles. The third-order valence-corrected chi connectivity index (χ3v) is 3.03. The van der Waals surface area contributed by atoms with Gasteiger partial charge >= 0.3 is 0 Å². The minimum absolute atomic E-state index is 0.127. The Morgan fingerprint density at radius 3 is 2.48 bits per heavy atom. The molecule has 3 N–H and O–H groups in total. The molecule has 0 fully saturated rings. The first-order valence-electron chi connectivity index (χ1n) is 7.37. The van der Waals surface area contributed by atoms with Crippen molar-refractivity contribution < 1.29 is 19.3 Å². The van der Waals surface area contributed by atoms with E-state index in [9.17, 15) is 14.6 Å². The summed E-state index contributed by atoms with van der Waals surface area (Å²) in [6.45, 7) is 5.15. The molecule has 0 aromatic heterocycles. The van der Waals surface area contributed by atoms with Gasteiger partial charge in [0.05, 0.1) is 25.4 Å². The van der Waals surface area contributed by atoms with E-state index in [0.29, 0.717) is 24.6 Å². The van der Waals surface area contributed by atoms with Gasteiger partial charge in [-0.15, -0.1) is 0 Å². The molecule has 21 heavy (non-hydrogen) atoms. The van der Waals surface area contributed by atoms with E-state index in [0.717, 1.165) is 6.42 Å². The minimum Gasteiger partial charge on any atom is -0.392 e. The number of ether oxygens (including phenoxy) is 1. The molecule has 0 spiro atoms. The van der Waals surface area contributed by atoms with Crippen LogP contribution in [-0.2, 0) is 11.3 Å². The molecule has 0 bridgehead atoms. The zero-order valence-corrected chi connectivity index (χ0v) is 12.8. The molecule has 1 aromatic carbocycles. The van der Waals surface area contributed by atoms with E-state index >= 15 is 0 Å². The van der Waals surface area contributed by atoms with Gasteiger partial charge in [-0.05, 0) is 18.4 Å². The molecule has 0 aliphatic rings. The molecular weight excluding hydrogens is 273 g/mol. The number of rotatable bonds is 10. The summed E-state index contributed by atoms with van der Waals surface area (Å²) in [6.07, 6.45) is -0.355. The van der Waals surface area contributed by atoms with E-state index in [1.807, 2.05) is 0 Å². The molecule has 1 aromatic rings. The van der Waals surface area contributed by atoms with Gasteiger partial charge < -0.3 is 20.3 Å². The Hall–Kier alpha value is -1.01. The molecule has 120 valence electrons. The molecule has 0 radical (unpaired) electrons. The summed E-state index contributed by atoms with van der Waals surface area (Å²) >= 11 is 0. The normalized spacial score (nSPS) is 14.4. The molecule has 0 saturated heterocycles. The lowest BCUT2D eigenvalue weighted by Gasteiger charge is -2.16. The van der Waals surface area contributed by atoms with E-state index in [4.69, 9.17) is 4.74 Å². The Kier molecular flexibility index (Phi) is 8.45. The topological polar surface area (TPSA) is 61.7 Å². The van der Waals surface area contributed by atoms with E-state index in [1.165, 1.54) is 6.07 Å². The van der Waals surface area contributed by atoms with Gasteiger partial charge in [-0.2, -0.15) is 0 Å². The SMILES string of the molecule is CC(C)CC(O)CNCC(O)COCc1ccccc1F. The van der Waals surface area contributed by atoms with Gasteiger partial charge in [-0.25, -0.2) is 4.39 Å². The zero-order chi connectivity index (χ0) is 15.7. The predicted molar refractivity (Wildman–Crippen MR) is 80.4 cm³/mol. The third-order valence-electron chi connectivity index (χ3n) is 3.03. The molecule has 1 rings (SSSR count). The summed E-state index contributed by atoms with van der Waals surface area (Å²) in [7, 11) is 0. The zero-order valence-electron chi connectivity index (χ0n) is 12.8. The van der Waals surface area contributed by atoms with Crippen molar-refractivity contribution in [3.05, 3.63) is 35.6 Å². The van der Waals surface area contributed by atoms with E-state index in [2.05, 4.69) is 19.2 Å². The Balaban J connectivity index is 2.11. The lowest BCUT2D eigenvalue weighted by Crippen LogP contribution is -2.35. The molecule has 2 unspecified atom stereocenters. The highest BCUT2D eigenvalue weighted by Crippen LogP contribution is 2.07. The lowest BCUT2D eigenvalue weighted by atomic mass is 10.1. The average molecular weight is 299 g/mol. The van der Waals surface area contributed by atoms with Gasteiger partial charge in [0.25, 0.3) is 0 Å². The Morgan fingerprint density at radius 2 is 1.81 bits per heavy atom. The van der Waals surface area contributed by atoms with Crippen LogP contribution in [0.2, 0.25) is 0 Å². The number of halogens is 1. The number of benzene rings is 1. The smallest absolute Gasteiger partial charge is 0.128 e. The van der Waals surface area contributed by atoms with Crippen LogP contribution in [0, 0.1) is 11.7 Å². The molecular formula is C16H26FNO3. The maximum absolute atomic E-state index is 13.3. The molecule has 0 amide bonds. The Labute approximate surface area is 125 Å². The second kappa shape index (κ2) is 9.84. The molecule has 5 heteroatoms. The number of hydrogen-bond acceptors (Lipinski definition) is 4. The van der Waals surface area contributed by atoms with Gasteiger partial charge in [0.15, 0.2) is 0 Å². The van der Waals surface area contributed by atoms with E-state index < -0.39 is 12.2 Å². The van der Waals surface area contributed by atoms with Crippen LogP contribution in [0.25, 0.3) is 0 Å². The van der Waals surface area contributed by atoms with E-state index in [-0.39, 0.29) is 19.0 Å². The van der Waals surface area contributed by atoms with Crippen molar-refractivity contribution in [3.63, 3.8) is 0 Å². The fraction of sp³-hybridized carbons (Fsp3) is 0.625. The summed E-state index contributed by atoms with van der Waals surface area (Å²) in [6, 6.07) is 6.41.